The van der Waals surface area contributed by atoms with E-state index in [1.807, 2.05) is 23.6 Å². The molecule has 5 aromatic heterocycles. The SMILES string of the molecule is c1cnc(Nc2nc3cccc(Nc4ncc[nH]4)c3c(Nc3ncco3)c2Nc2nccs2)nc1. The van der Waals surface area contributed by atoms with E-state index in [0.717, 1.165) is 11.1 Å². The molecular weight excluding hydrogens is 466 g/mol. The summed E-state index contributed by atoms with van der Waals surface area (Å²) in [6.07, 6.45) is 11.5. The molecule has 0 aliphatic rings. The summed E-state index contributed by atoms with van der Waals surface area (Å²) in [6.45, 7) is 0. The number of nitrogens with zero attached hydrogens (tertiary/aromatic N) is 6. The van der Waals surface area contributed by atoms with Gasteiger partial charge in [-0.1, -0.05) is 6.07 Å². The molecule has 1 aromatic carbocycles. The number of benzene rings is 1. The molecule has 0 saturated heterocycles. The predicted octanol–water partition coefficient (Wildman–Crippen LogP) is 5.17. The van der Waals surface area contributed by atoms with Crippen molar-refractivity contribution in [3.05, 3.63) is 73.1 Å². The van der Waals surface area contributed by atoms with E-state index in [9.17, 15) is 0 Å². The van der Waals surface area contributed by atoms with Crippen LogP contribution in [0.1, 0.15) is 0 Å². The van der Waals surface area contributed by atoms with Gasteiger partial charge in [-0.15, -0.1) is 11.3 Å². The third-order valence-corrected chi connectivity index (χ3v) is 5.58. The zero-order chi connectivity index (χ0) is 23.5. The second-order valence-corrected chi connectivity index (χ2v) is 7.99. The van der Waals surface area contributed by atoms with Crippen molar-refractivity contribution < 1.29 is 4.42 Å². The molecular formula is C22H17N11OS. The molecule has 0 saturated carbocycles. The minimum absolute atomic E-state index is 0.314. The molecule has 0 fully saturated rings. The first-order chi connectivity index (χ1) is 17.3. The number of thiazole rings is 1. The number of rotatable bonds is 8. The van der Waals surface area contributed by atoms with Gasteiger partial charge in [-0.25, -0.2) is 29.9 Å². The Kier molecular flexibility index (Phi) is 5.33. The Hall–Kier alpha value is -5.04. The largest absolute Gasteiger partial charge is 0.432 e. The van der Waals surface area contributed by atoms with Gasteiger partial charge in [0.25, 0.3) is 6.01 Å². The maximum absolute atomic E-state index is 5.51. The summed E-state index contributed by atoms with van der Waals surface area (Å²) in [5.74, 6) is 1.48. The monoisotopic (exact) mass is 483 g/mol. The van der Waals surface area contributed by atoms with E-state index < -0.39 is 0 Å². The molecule has 0 unspecified atom stereocenters. The van der Waals surface area contributed by atoms with Gasteiger partial charge in [0, 0.05) is 41.8 Å². The highest BCUT2D eigenvalue weighted by atomic mass is 32.1. The van der Waals surface area contributed by atoms with Gasteiger partial charge >= 0.3 is 0 Å². The number of anilines is 8. The average molecular weight is 484 g/mol. The van der Waals surface area contributed by atoms with Crippen molar-refractivity contribution in [3.63, 3.8) is 0 Å². The van der Waals surface area contributed by atoms with Crippen LogP contribution in [-0.4, -0.2) is 34.9 Å². The number of aromatic nitrogens is 7. The lowest BCUT2D eigenvalue weighted by molar-refractivity contribution is 0.578. The van der Waals surface area contributed by atoms with Gasteiger partial charge in [0.15, 0.2) is 10.9 Å². The van der Waals surface area contributed by atoms with Crippen LogP contribution in [0.2, 0.25) is 0 Å². The standard InChI is InChI=1S/C22H17N11OS/c1-3-13-15(14(4-1)30-19-25-7-8-26-19)16(31-21-27-9-11-34-21)17(32-22-28-10-12-35-22)18(29-13)33-20-23-5-2-6-24-20/h1-12H,(H,28,32)(H2,25,26,30)(H2,23,24,27,29,31,33). The Morgan fingerprint density at radius 2 is 1.74 bits per heavy atom. The number of nitrogens with one attached hydrogen (secondary N) is 5. The van der Waals surface area contributed by atoms with Crippen molar-refractivity contribution in [2.75, 3.05) is 21.3 Å². The van der Waals surface area contributed by atoms with E-state index in [1.165, 1.54) is 17.6 Å². The second kappa shape index (κ2) is 9.07. The van der Waals surface area contributed by atoms with Crippen molar-refractivity contribution in [1.29, 1.82) is 0 Å². The Morgan fingerprint density at radius 1 is 0.800 bits per heavy atom. The zero-order valence-corrected chi connectivity index (χ0v) is 18.7. The maximum atomic E-state index is 5.51. The molecule has 0 atom stereocenters. The number of H-pyrrole nitrogens is 1. The van der Waals surface area contributed by atoms with Crippen LogP contribution in [0.5, 0.6) is 0 Å². The molecule has 172 valence electrons. The number of aromatic amines is 1. The zero-order valence-electron chi connectivity index (χ0n) is 17.9. The quantitative estimate of drug-likeness (QED) is 0.195. The van der Waals surface area contributed by atoms with Gasteiger partial charge in [-0.05, 0) is 18.2 Å². The van der Waals surface area contributed by atoms with Crippen molar-refractivity contribution >= 4 is 68.2 Å². The van der Waals surface area contributed by atoms with Crippen LogP contribution in [0.4, 0.5) is 45.9 Å². The summed E-state index contributed by atoms with van der Waals surface area (Å²) in [6, 6.07) is 7.82. The van der Waals surface area contributed by atoms with Crippen LogP contribution < -0.4 is 21.3 Å². The fourth-order valence-corrected chi connectivity index (χ4v) is 4.01. The number of oxazole rings is 1. The van der Waals surface area contributed by atoms with Crippen LogP contribution in [0, 0.1) is 0 Å². The highest BCUT2D eigenvalue weighted by molar-refractivity contribution is 7.13. The first kappa shape index (κ1) is 20.6. The predicted molar refractivity (Wildman–Crippen MR) is 134 cm³/mol. The van der Waals surface area contributed by atoms with E-state index in [-0.39, 0.29) is 0 Å². The molecule has 0 spiro atoms. The fraction of sp³-hybridized carbons (Fsp3) is 0. The molecule has 0 amide bonds. The van der Waals surface area contributed by atoms with Crippen molar-refractivity contribution in [2.45, 2.75) is 0 Å². The number of hydrogen-bond acceptors (Lipinski definition) is 12. The molecule has 12 nitrogen and oxygen atoms in total. The number of fused-ring (bicyclic) bond motifs is 1. The smallest absolute Gasteiger partial charge is 0.299 e. The van der Waals surface area contributed by atoms with Crippen LogP contribution in [0.3, 0.4) is 0 Å². The van der Waals surface area contributed by atoms with Gasteiger partial charge in [0.2, 0.25) is 11.9 Å². The molecule has 5 heterocycles. The summed E-state index contributed by atoms with van der Waals surface area (Å²) < 4.78 is 5.51. The highest BCUT2D eigenvalue weighted by Crippen LogP contribution is 2.43. The molecule has 35 heavy (non-hydrogen) atoms. The molecule has 0 radical (unpaired) electrons. The van der Waals surface area contributed by atoms with Crippen LogP contribution in [0.25, 0.3) is 10.9 Å². The third-order valence-electron chi connectivity index (χ3n) is 4.89. The van der Waals surface area contributed by atoms with Gasteiger partial charge in [0.1, 0.15) is 12.0 Å². The normalized spacial score (nSPS) is 10.9. The highest BCUT2D eigenvalue weighted by Gasteiger charge is 2.21. The average Bonchev–Trinajstić information content (AvgIpc) is 3.66. The summed E-state index contributed by atoms with van der Waals surface area (Å²) in [5, 5.41) is 16.5. The van der Waals surface area contributed by atoms with E-state index in [2.05, 4.69) is 51.2 Å². The van der Waals surface area contributed by atoms with E-state index in [4.69, 9.17) is 9.40 Å². The Bertz CT molecular complexity index is 1540. The second-order valence-electron chi connectivity index (χ2n) is 7.09. The molecule has 5 N–H and O–H groups in total. The van der Waals surface area contributed by atoms with Gasteiger partial charge < -0.3 is 30.7 Å². The lowest BCUT2D eigenvalue weighted by atomic mass is 10.1. The molecule has 0 aliphatic heterocycles. The molecule has 0 aliphatic carbocycles. The molecule has 0 bridgehead atoms. The van der Waals surface area contributed by atoms with E-state index in [1.54, 1.807) is 43.2 Å². The Labute approximate surface area is 202 Å². The minimum atomic E-state index is 0.314. The number of imidazole rings is 1. The number of hydrogen-bond donors (Lipinski definition) is 5. The lowest BCUT2D eigenvalue weighted by Gasteiger charge is -2.20. The topological polar surface area (TPSA) is 154 Å². The molecule has 6 rings (SSSR count). The summed E-state index contributed by atoms with van der Waals surface area (Å²) >= 11 is 1.46. The van der Waals surface area contributed by atoms with Gasteiger partial charge in [0.05, 0.1) is 23.1 Å². The van der Waals surface area contributed by atoms with Gasteiger partial charge in [-0.3, -0.25) is 0 Å². The van der Waals surface area contributed by atoms with Crippen molar-refractivity contribution in [3.8, 4) is 0 Å². The van der Waals surface area contributed by atoms with Gasteiger partial charge in [-0.2, -0.15) is 0 Å². The van der Waals surface area contributed by atoms with Crippen LogP contribution in [0.15, 0.2) is 77.5 Å². The first-order valence-corrected chi connectivity index (χ1v) is 11.3. The van der Waals surface area contributed by atoms with Crippen molar-refractivity contribution in [1.82, 2.24) is 34.9 Å². The Balaban J connectivity index is 1.58. The summed E-state index contributed by atoms with van der Waals surface area (Å²) in [4.78, 5) is 29.5. The third kappa shape index (κ3) is 4.30. The number of pyridine rings is 1. The van der Waals surface area contributed by atoms with E-state index >= 15 is 0 Å². The first-order valence-electron chi connectivity index (χ1n) is 10.4. The molecule has 13 heteroatoms. The fourth-order valence-electron chi connectivity index (χ4n) is 3.47. The summed E-state index contributed by atoms with van der Waals surface area (Å²) in [5.41, 5.74) is 2.72. The maximum Gasteiger partial charge on any atom is 0.299 e. The Morgan fingerprint density at radius 3 is 2.51 bits per heavy atom. The summed E-state index contributed by atoms with van der Waals surface area (Å²) in [7, 11) is 0. The van der Waals surface area contributed by atoms with Crippen molar-refractivity contribution in [2.24, 2.45) is 0 Å². The molecule has 6 aromatic rings. The van der Waals surface area contributed by atoms with E-state index in [0.29, 0.717) is 45.8 Å². The van der Waals surface area contributed by atoms with Crippen LogP contribution in [-0.2, 0) is 0 Å². The van der Waals surface area contributed by atoms with Crippen LogP contribution >= 0.6 is 11.3 Å². The minimum Gasteiger partial charge on any atom is -0.432 e. The lowest BCUT2D eigenvalue weighted by Crippen LogP contribution is -2.07.